The number of aliphatic hydroxyl groups excluding tert-OH is 1. The highest BCUT2D eigenvalue weighted by Gasteiger charge is 2.17. The lowest BCUT2D eigenvalue weighted by atomic mass is 9.97. The lowest BCUT2D eigenvalue weighted by Gasteiger charge is -2.23. The van der Waals surface area contributed by atoms with Gasteiger partial charge in [-0.25, -0.2) is 0 Å². The highest BCUT2D eigenvalue weighted by Crippen LogP contribution is 2.16. The molecule has 1 aliphatic heterocycles. The fourth-order valence-electron chi connectivity index (χ4n) is 1.15. The van der Waals surface area contributed by atoms with E-state index in [0.29, 0.717) is 5.92 Å². The van der Waals surface area contributed by atoms with E-state index >= 15 is 0 Å². The van der Waals surface area contributed by atoms with Crippen molar-refractivity contribution in [1.29, 1.82) is 0 Å². The van der Waals surface area contributed by atoms with E-state index in [0.717, 1.165) is 26.1 Å². The molecule has 0 aromatic carbocycles. The second-order valence-electron chi connectivity index (χ2n) is 2.72. The predicted molar refractivity (Wildman–Crippen MR) is 35.2 cm³/mol. The summed E-state index contributed by atoms with van der Waals surface area (Å²) in [6.07, 6.45) is 2.04. The van der Waals surface area contributed by atoms with Gasteiger partial charge in [0.25, 0.3) is 0 Å². The molecule has 9 heavy (non-hydrogen) atoms. The lowest BCUT2D eigenvalue weighted by molar-refractivity contribution is -0.00174. The van der Waals surface area contributed by atoms with Crippen LogP contribution in [-0.4, -0.2) is 24.4 Å². The summed E-state index contributed by atoms with van der Waals surface area (Å²) < 4.78 is 5.18. The van der Waals surface area contributed by atoms with E-state index in [1.165, 1.54) is 0 Å². The van der Waals surface area contributed by atoms with Crippen LogP contribution in [0.2, 0.25) is 0 Å². The van der Waals surface area contributed by atoms with Crippen molar-refractivity contribution in [2.24, 2.45) is 5.92 Å². The summed E-state index contributed by atoms with van der Waals surface area (Å²) in [5, 5.41) is 9.10. The summed E-state index contributed by atoms with van der Waals surface area (Å²) in [5.74, 6) is 0.388. The van der Waals surface area contributed by atoms with E-state index in [9.17, 15) is 0 Å². The first-order chi connectivity index (χ1) is 4.30. The molecule has 0 saturated carbocycles. The van der Waals surface area contributed by atoms with E-state index in [1.807, 2.05) is 6.92 Å². The summed E-state index contributed by atoms with van der Waals surface area (Å²) in [6.45, 7) is 3.46. The van der Waals surface area contributed by atoms with Crippen LogP contribution in [0.25, 0.3) is 0 Å². The van der Waals surface area contributed by atoms with Crippen LogP contribution in [0.5, 0.6) is 0 Å². The van der Waals surface area contributed by atoms with Crippen LogP contribution >= 0.6 is 0 Å². The maximum absolute atomic E-state index is 9.10. The molecule has 1 fully saturated rings. The number of rotatable bonds is 1. The molecule has 2 atom stereocenters. The van der Waals surface area contributed by atoms with Gasteiger partial charge >= 0.3 is 0 Å². The van der Waals surface area contributed by atoms with Gasteiger partial charge in [0.05, 0.1) is 12.7 Å². The molecule has 0 aliphatic carbocycles. The Hall–Kier alpha value is -0.0800. The summed E-state index contributed by atoms with van der Waals surface area (Å²) in [6, 6.07) is 0. The van der Waals surface area contributed by atoms with E-state index < -0.39 is 0 Å². The Labute approximate surface area is 55.8 Å². The molecule has 0 aromatic rings. The maximum Gasteiger partial charge on any atom is 0.0562 e. The van der Waals surface area contributed by atoms with Crippen LogP contribution in [0.15, 0.2) is 0 Å². The third-order valence-corrected chi connectivity index (χ3v) is 1.88. The molecule has 0 aromatic heterocycles. The van der Waals surface area contributed by atoms with Crippen LogP contribution in [0.4, 0.5) is 0 Å². The summed E-state index contributed by atoms with van der Waals surface area (Å²) in [5.41, 5.74) is 0. The first-order valence-electron chi connectivity index (χ1n) is 3.56. The van der Waals surface area contributed by atoms with Crippen molar-refractivity contribution in [1.82, 2.24) is 0 Å². The van der Waals surface area contributed by atoms with Crippen LogP contribution < -0.4 is 0 Å². The lowest BCUT2D eigenvalue weighted by Crippen LogP contribution is -2.26. The van der Waals surface area contributed by atoms with Gasteiger partial charge in [0, 0.05) is 12.5 Å². The van der Waals surface area contributed by atoms with Crippen molar-refractivity contribution in [3.8, 4) is 0 Å². The number of hydrogen-bond donors (Lipinski definition) is 1. The molecule has 1 N–H and O–H groups in total. The molecule has 2 nitrogen and oxygen atoms in total. The van der Waals surface area contributed by atoms with Gasteiger partial charge in [-0.1, -0.05) is 0 Å². The highest BCUT2D eigenvalue weighted by atomic mass is 16.5. The zero-order valence-corrected chi connectivity index (χ0v) is 5.84. The molecule has 1 aliphatic rings. The van der Waals surface area contributed by atoms with Crippen LogP contribution in [0.1, 0.15) is 19.8 Å². The molecule has 0 bridgehead atoms. The largest absolute Gasteiger partial charge is 0.393 e. The Balaban J connectivity index is 2.23. The standard InChI is InChI=1S/C7H14O2/c1-6(8)7-3-2-4-9-5-7/h6-8H,2-5H2,1H3/t6-,7-/m1/s1. The van der Waals surface area contributed by atoms with Gasteiger partial charge in [0.2, 0.25) is 0 Å². The molecule has 0 radical (unpaired) electrons. The molecule has 1 rings (SSSR count). The monoisotopic (exact) mass is 130 g/mol. The van der Waals surface area contributed by atoms with Gasteiger partial charge in [-0.2, -0.15) is 0 Å². The maximum atomic E-state index is 9.10. The molecular formula is C7H14O2. The third kappa shape index (κ3) is 1.95. The molecule has 0 amide bonds. The molecular weight excluding hydrogens is 116 g/mol. The zero-order chi connectivity index (χ0) is 6.69. The molecule has 54 valence electrons. The summed E-state index contributed by atoms with van der Waals surface area (Å²) >= 11 is 0. The number of ether oxygens (including phenoxy) is 1. The first kappa shape index (κ1) is 7.03. The van der Waals surface area contributed by atoms with Gasteiger partial charge in [0.15, 0.2) is 0 Å². The van der Waals surface area contributed by atoms with Crippen molar-refractivity contribution in [3.63, 3.8) is 0 Å². The number of aliphatic hydroxyl groups is 1. The number of hydrogen-bond acceptors (Lipinski definition) is 2. The second kappa shape index (κ2) is 3.18. The second-order valence-corrected chi connectivity index (χ2v) is 2.72. The zero-order valence-electron chi connectivity index (χ0n) is 5.84. The Bertz CT molecular complexity index is 75.0. The molecule has 1 heterocycles. The molecule has 0 unspecified atom stereocenters. The molecule has 0 spiro atoms. The van der Waals surface area contributed by atoms with Gasteiger partial charge in [-0.05, 0) is 19.8 Å². The van der Waals surface area contributed by atoms with Crippen LogP contribution in [0.3, 0.4) is 0 Å². The van der Waals surface area contributed by atoms with Crippen molar-refractivity contribution in [2.45, 2.75) is 25.9 Å². The minimum Gasteiger partial charge on any atom is -0.393 e. The van der Waals surface area contributed by atoms with E-state index in [4.69, 9.17) is 9.84 Å². The van der Waals surface area contributed by atoms with Gasteiger partial charge in [-0.15, -0.1) is 0 Å². The Morgan fingerprint density at radius 2 is 2.44 bits per heavy atom. The van der Waals surface area contributed by atoms with Gasteiger partial charge < -0.3 is 9.84 Å². The van der Waals surface area contributed by atoms with Crippen molar-refractivity contribution >= 4 is 0 Å². The minimum absolute atomic E-state index is 0.190. The highest BCUT2D eigenvalue weighted by molar-refractivity contribution is 4.67. The van der Waals surface area contributed by atoms with Gasteiger partial charge in [0.1, 0.15) is 0 Å². The topological polar surface area (TPSA) is 29.5 Å². The average molecular weight is 130 g/mol. The first-order valence-corrected chi connectivity index (χ1v) is 3.56. The normalized spacial score (nSPS) is 32.0. The molecule has 2 heteroatoms. The van der Waals surface area contributed by atoms with E-state index in [2.05, 4.69) is 0 Å². The van der Waals surface area contributed by atoms with Crippen LogP contribution in [0, 0.1) is 5.92 Å². The third-order valence-electron chi connectivity index (χ3n) is 1.88. The van der Waals surface area contributed by atoms with E-state index in [-0.39, 0.29) is 6.10 Å². The van der Waals surface area contributed by atoms with Crippen molar-refractivity contribution in [2.75, 3.05) is 13.2 Å². The summed E-state index contributed by atoms with van der Waals surface area (Å²) in [4.78, 5) is 0. The SMILES string of the molecule is C[C@@H](O)[C@@H]1CCCOC1. The van der Waals surface area contributed by atoms with Crippen molar-refractivity contribution in [3.05, 3.63) is 0 Å². The minimum atomic E-state index is -0.190. The van der Waals surface area contributed by atoms with Crippen molar-refractivity contribution < 1.29 is 9.84 Å². The van der Waals surface area contributed by atoms with Crippen LogP contribution in [-0.2, 0) is 4.74 Å². The molecule has 1 saturated heterocycles. The Kier molecular flexibility index (Phi) is 2.49. The predicted octanol–water partition coefficient (Wildman–Crippen LogP) is 0.794. The Morgan fingerprint density at radius 1 is 1.67 bits per heavy atom. The fourth-order valence-corrected chi connectivity index (χ4v) is 1.15. The van der Waals surface area contributed by atoms with Gasteiger partial charge in [-0.3, -0.25) is 0 Å². The fraction of sp³-hybridized carbons (Fsp3) is 1.00. The smallest absolute Gasteiger partial charge is 0.0562 e. The quantitative estimate of drug-likeness (QED) is 0.568. The average Bonchev–Trinajstić information content (AvgIpc) is 1.90. The Morgan fingerprint density at radius 3 is 2.78 bits per heavy atom. The van der Waals surface area contributed by atoms with E-state index in [1.54, 1.807) is 0 Å². The summed E-state index contributed by atoms with van der Waals surface area (Å²) in [7, 11) is 0.